The van der Waals surface area contributed by atoms with Gasteiger partial charge in [-0.2, -0.15) is 0 Å². The van der Waals surface area contributed by atoms with Crippen molar-refractivity contribution in [3.63, 3.8) is 0 Å². The van der Waals surface area contributed by atoms with Crippen molar-refractivity contribution in [2.75, 3.05) is 0 Å². The molecule has 0 heterocycles. The Morgan fingerprint density at radius 3 is 1.40 bits per heavy atom. The molecule has 0 saturated carbocycles. The summed E-state index contributed by atoms with van der Waals surface area (Å²) < 4.78 is 0. The Labute approximate surface area is 45.4 Å². The zero-order chi connectivity index (χ0) is 3.58. The van der Waals surface area contributed by atoms with Crippen LogP contribution in [0.3, 0.4) is 0 Å². The predicted molar refractivity (Wildman–Crippen MR) is 17.4 cm³/mol. The molecule has 0 aromatic rings. The molecule has 0 radical (unpaired) electrons. The summed E-state index contributed by atoms with van der Waals surface area (Å²) in [6, 6.07) is 0. The van der Waals surface area contributed by atoms with Gasteiger partial charge in [-0.05, 0) is 13.8 Å². The molecule has 0 aromatic carbocycles. The van der Waals surface area contributed by atoms with Gasteiger partial charge in [0, 0.05) is 25.9 Å². The summed E-state index contributed by atoms with van der Waals surface area (Å²) >= 11 is 0. The Morgan fingerprint density at radius 1 is 1.40 bits per heavy atom. The molecule has 0 atom stereocenters. The Kier molecular flexibility index (Phi) is 8.40. The van der Waals surface area contributed by atoms with Crippen LogP contribution in [0.5, 0.6) is 0 Å². The number of aliphatic hydroxyl groups excluding tert-OH is 1. The van der Waals surface area contributed by atoms with Crippen molar-refractivity contribution in [2.45, 2.75) is 20.0 Å². The Bertz CT molecular complexity index is 11.6. The molecule has 0 rings (SSSR count). The first-order valence-electron chi connectivity index (χ1n) is 1.41. The molecular formula is C3H8OOs. The summed E-state index contributed by atoms with van der Waals surface area (Å²) in [5.74, 6) is 0. The third-order valence-corrected chi connectivity index (χ3v) is 0. The van der Waals surface area contributed by atoms with Crippen LogP contribution >= 0.6 is 0 Å². The molecule has 0 unspecified atom stereocenters. The standard InChI is InChI=1S/C3H8O.Os/c1-3(2)4;/h3-4H,1-2H3;. The van der Waals surface area contributed by atoms with Crippen LogP contribution < -0.4 is 0 Å². The van der Waals surface area contributed by atoms with Gasteiger partial charge in [0.15, 0.2) is 0 Å². The van der Waals surface area contributed by atoms with E-state index in [0.29, 0.717) is 0 Å². The first-order chi connectivity index (χ1) is 1.73. The van der Waals surface area contributed by atoms with Crippen LogP contribution in [0.25, 0.3) is 0 Å². The summed E-state index contributed by atoms with van der Waals surface area (Å²) in [5.41, 5.74) is 0. The molecule has 0 amide bonds. The van der Waals surface area contributed by atoms with Gasteiger partial charge in [-0.3, -0.25) is 0 Å². The second-order valence-electron chi connectivity index (χ2n) is 1.09. The first kappa shape index (κ1) is 9.14. The summed E-state index contributed by atoms with van der Waals surface area (Å²) in [6.07, 6.45) is -0.167. The van der Waals surface area contributed by atoms with Crippen molar-refractivity contribution < 1.29 is 24.9 Å². The van der Waals surface area contributed by atoms with E-state index >= 15 is 0 Å². The van der Waals surface area contributed by atoms with Gasteiger partial charge in [0.05, 0.1) is 0 Å². The van der Waals surface area contributed by atoms with Crippen LogP contribution in [0.2, 0.25) is 0 Å². The molecule has 0 fully saturated rings. The summed E-state index contributed by atoms with van der Waals surface area (Å²) in [6.45, 7) is 3.44. The molecule has 0 bridgehead atoms. The molecule has 0 aromatic heterocycles. The first-order valence-corrected chi connectivity index (χ1v) is 1.41. The minimum absolute atomic E-state index is 0. The van der Waals surface area contributed by atoms with E-state index in [1.807, 2.05) is 0 Å². The number of aliphatic hydroxyl groups is 1. The van der Waals surface area contributed by atoms with E-state index in [-0.39, 0.29) is 25.9 Å². The quantitative estimate of drug-likeness (QED) is 0.659. The van der Waals surface area contributed by atoms with Crippen LogP contribution in [0, 0.1) is 0 Å². The van der Waals surface area contributed by atoms with Gasteiger partial charge in [0.1, 0.15) is 0 Å². The SMILES string of the molecule is CC(C)O.[Os]. The van der Waals surface area contributed by atoms with Crippen LogP contribution in [-0.2, 0) is 19.8 Å². The molecule has 5 heavy (non-hydrogen) atoms. The zero-order valence-corrected chi connectivity index (χ0v) is 5.92. The molecule has 1 nitrogen and oxygen atoms in total. The van der Waals surface area contributed by atoms with Gasteiger partial charge in [0.25, 0.3) is 0 Å². The van der Waals surface area contributed by atoms with E-state index in [0.717, 1.165) is 0 Å². The Morgan fingerprint density at radius 2 is 1.40 bits per heavy atom. The summed E-state index contributed by atoms with van der Waals surface area (Å²) in [5, 5.41) is 8.06. The van der Waals surface area contributed by atoms with E-state index in [1.54, 1.807) is 13.8 Å². The smallest absolute Gasteiger partial charge is 0.0483 e. The van der Waals surface area contributed by atoms with Crippen LogP contribution in [0.4, 0.5) is 0 Å². The normalized spacial score (nSPS) is 7.20. The molecule has 34 valence electrons. The van der Waals surface area contributed by atoms with Crippen LogP contribution in [0.1, 0.15) is 13.8 Å². The second-order valence-corrected chi connectivity index (χ2v) is 1.09. The van der Waals surface area contributed by atoms with E-state index in [1.165, 1.54) is 0 Å². The van der Waals surface area contributed by atoms with Gasteiger partial charge in [-0.15, -0.1) is 0 Å². The molecular weight excluding hydrogens is 242 g/mol. The maximum absolute atomic E-state index is 8.06. The van der Waals surface area contributed by atoms with E-state index in [9.17, 15) is 0 Å². The van der Waals surface area contributed by atoms with Crippen molar-refractivity contribution in [3.05, 3.63) is 0 Å². The number of hydrogen-bond donors (Lipinski definition) is 1. The predicted octanol–water partition coefficient (Wildman–Crippen LogP) is 0.385. The largest absolute Gasteiger partial charge is 0.394 e. The van der Waals surface area contributed by atoms with E-state index < -0.39 is 0 Å². The topological polar surface area (TPSA) is 20.2 Å². The van der Waals surface area contributed by atoms with Gasteiger partial charge in [-0.1, -0.05) is 0 Å². The molecule has 1 N–H and O–H groups in total. The Hall–Kier alpha value is 0.596. The van der Waals surface area contributed by atoms with Gasteiger partial charge < -0.3 is 5.11 Å². The fourth-order valence-corrected chi connectivity index (χ4v) is 0. The van der Waals surface area contributed by atoms with Gasteiger partial charge in [0.2, 0.25) is 0 Å². The minimum Gasteiger partial charge on any atom is -0.394 e. The number of rotatable bonds is 0. The van der Waals surface area contributed by atoms with E-state index in [2.05, 4.69) is 0 Å². The molecule has 0 aliphatic heterocycles. The van der Waals surface area contributed by atoms with Crippen LogP contribution in [-0.4, -0.2) is 11.2 Å². The third-order valence-electron chi connectivity index (χ3n) is 0. The molecule has 0 aliphatic rings. The fraction of sp³-hybridized carbons (Fsp3) is 1.00. The number of hydrogen-bond acceptors (Lipinski definition) is 1. The van der Waals surface area contributed by atoms with Crippen LogP contribution in [0.15, 0.2) is 0 Å². The maximum Gasteiger partial charge on any atom is 0.0483 e. The van der Waals surface area contributed by atoms with Crippen molar-refractivity contribution in [3.8, 4) is 0 Å². The fourth-order valence-electron chi connectivity index (χ4n) is 0. The average Bonchev–Trinajstić information content (AvgIpc) is 0.811. The van der Waals surface area contributed by atoms with Gasteiger partial charge >= 0.3 is 0 Å². The van der Waals surface area contributed by atoms with Crippen molar-refractivity contribution in [2.24, 2.45) is 0 Å². The summed E-state index contributed by atoms with van der Waals surface area (Å²) in [4.78, 5) is 0. The minimum atomic E-state index is -0.167. The van der Waals surface area contributed by atoms with Gasteiger partial charge in [-0.25, -0.2) is 0 Å². The monoisotopic (exact) mass is 252 g/mol. The van der Waals surface area contributed by atoms with Crippen molar-refractivity contribution >= 4 is 0 Å². The molecule has 0 saturated heterocycles. The third kappa shape index (κ3) is 87.1. The molecule has 2 heteroatoms. The Balaban J connectivity index is 0. The van der Waals surface area contributed by atoms with E-state index in [4.69, 9.17) is 5.11 Å². The maximum atomic E-state index is 8.06. The molecule has 0 aliphatic carbocycles. The molecule has 0 spiro atoms. The average molecular weight is 250 g/mol. The second kappa shape index (κ2) is 4.60. The van der Waals surface area contributed by atoms with Crippen molar-refractivity contribution in [1.82, 2.24) is 0 Å². The van der Waals surface area contributed by atoms with Crippen molar-refractivity contribution in [1.29, 1.82) is 0 Å². The zero-order valence-electron chi connectivity index (χ0n) is 3.38. The summed E-state index contributed by atoms with van der Waals surface area (Å²) in [7, 11) is 0.